The third-order valence-electron chi connectivity index (χ3n) is 23.2. The van der Waals surface area contributed by atoms with Gasteiger partial charge in [0.1, 0.15) is 238 Å². The first-order chi connectivity index (χ1) is 60.5. The summed E-state index contributed by atoms with van der Waals surface area (Å²) < 4.78 is 114. The fourth-order valence-corrected chi connectivity index (χ4v) is 16.6. The van der Waals surface area contributed by atoms with Crippen LogP contribution in [0.1, 0.15) is 48.5 Å². The van der Waals surface area contributed by atoms with Crippen LogP contribution < -0.4 is 31.9 Å². The van der Waals surface area contributed by atoms with Crippen LogP contribution in [0.3, 0.4) is 0 Å². The molecule has 10 heterocycles. The van der Waals surface area contributed by atoms with Gasteiger partial charge in [-0.3, -0.25) is 28.8 Å². The van der Waals surface area contributed by atoms with Crippen LogP contribution in [0.15, 0.2) is 0 Å². The molecule has 0 aromatic rings. The van der Waals surface area contributed by atoms with Gasteiger partial charge in [0.15, 0.2) is 62.9 Å². The first-order valence-corrected chi connectivity index (χ1v) is 41.0. The molecule has 0 aromatic carbocycles. The summed E-state index contributed by atoms with van der Waals surface area (Å²) in [5.41, 5.74) is 0. The summed E-state index contributed by atoms with van der Waals surface area (Å²) in [5, 5.41) is 297. The summed E-state index contributed by atoms with van der Waals surface area (Å²) in [6, 6.07) is -11.1. The molecular weight excluding hydrogens is 1750 g/mol. The van der Waals surface area contributed by atoms with Gasteiger partial charge in [-0.15, -0.1) is 0 Å². The van der Waals surface area contributed by atoms with E-state index in [1.807, 2.05) is 0 Å². The highest BCUT2D eigenvalue weighted by Crippen LogP contribution is 2.41. The van der Waals surface area contributed by atoms with Crippen molar-refractivity contribution >= 4 is 35.4 Å². The van der Waals surface area contributed by atoms with Crippen molar-refractivity contribution in [1.82, 2.24) is 31.9 Å². The molecule has 10 fully saturated rings. The minimum Gasteiger partial charge on any atom is -0.394 e. The van der Waals surface area contributed by atoms with Crippen molar-refractivity contribution in [1.29, 1.82) is 0 Å². The number of nitrogens with one attached hydrogen (secondary N) is 6. The van der Waals surface area contributed by atoms with Gasteiger partial charge in [0.05, 0.1) is 65.6 Å². The second kappa shape index (κ2) is 46.1. The Hall–Kier alpha value is -4.94. The lowest BCUT2D eigenvalue weighted by atomic mass is 9.93. The molecule has 0 radical (unpaired) electrons. The molecule has 128 heavy (non-hydrogen) atoms. The lowest BCUT2D eigenvalue weighted by Gasteiger charge is -2.51. The summed E-state index contributed by atoms with van der Waals surface area (Å²) in [6.45, 7) is -2.88. The Morgan fingerprint density at radius 2 is 0.484 bits per heavy atom. The van der Waals surface area contributed by atoms with E-state index < -0.39 is 402 Å². The van der Waals surface area contributed by atoms with E-state index in [0.717, 1.165) is 41.5 Å². The Kier molecular flexibility index (Phi) is 37.8. The van der Waals surface area contributed by atoms with Crippen molar-refractivity contribution in [3.05, 3.63) is 0 Å². The predicted octanol–water partition coefficient (Wildman–Crippen LogP) is -20.9. The number of aliphatic hydroxyl groups excluding tert-OH is 25. The summed E-state index contributed by atoms with van der Waals surface area (Å²) in [5.74, 6) is -5.41. The largest absolute Gasteiger partial charge is 0.394 e. The Morgan fingerprint density at radius 1 is 0.219 bits per heavy atom. The van der Waals surface area contributed by atoms with E-state index >= 15 is 0 Å². The van der Waals surface area contributed by atoms with Gasteiger partial charge in [-0.25, -0.2) is 0 Å². The Morgan fingerprint density at radius 3 is 0.852 bits per heavy atom. The maximum absolute atomic E-state index is 13.3. The van der Waals surface area contributed by atoms with Gasteiger partial charge < -0.3 is 250 Å². The first-order valence-electron chi connectivity index (χ1n) is 41.0. The zero-order valence-corrected chi connectivity index (χ0v) is 69.6. The lowest BCUT2D eigenvalue weighted by molar-refractivity contribution is -0.398. The molecule has 50 atom stereocenters. The van der Waals surface area contributed by atoms with E-state index in [1.165, 1.54) is 6.92 Å². The highest BCUT2D eigenvalue weighted by molar-refractivity contribution is 5.75. The minimum atomic E-state index is -2.64. The van der Waals surface area contributed by atoms with E-state index in [9.17, 15) is 156 Å². The molecule has 738 valence electrons. The van der Waals surface area contributed by atoms with Gasteiger partial charge in [-0.2, -0.15) is 0 Å². The fourth-order valence-electron chi connectivity index (χ4n) is 16.6. The van der Waals surface area contributed by atoms with Gasteiger partial charge in [-0.1, -0.05) is 0 Å². The second-order valence-corrected chi connectivity index (χ2v) is 32.5. The van der Waals surface area contributed by atoms with Crippen LogP contribution in [0.25, 0.3) is 0 Å². The zero-order chi connectivity index (χ0) is 94.4. The molecule has 31 N–H and O–H groups in total. The zero-order valence-electron chi connectivity index (χ0n) is 69.6. The topological polar surface area (TPSA) is 856 Å². The summed E-state index contributed by atoms with van der Waals surface area (Å²) in [7, 11) is 0. The third kappa shape index (κ3) is 23.8. The summed E-state index contributed by atoms with van der Waals surface area (Å²) in [4.78, 5) is 76.8. The van der Waals surface area contributed by atoms with Crippen molar-refractivity contribution in [2.45, 2.75) is 355 Å². The standard InChI is InChI=1S/C72H120N6O50/c1-17-39(92)51(104)54(107)69(112-17)110-16-32-59(47(100)33(63(109)113-32)73-18(2)86)124-66-36(76-21(5)89)50(103)58(30(14-85)118-66)125-70-55(108)60(126-72-62(53(106)43(96)27(11-82)117-72)128-68-38(78-23(7)91)49(102)57(29(13-84)120-68)123-65-35(75-20(4)88)46(99)41(94)25(9-80)115-65)44(97)31(121-70)15-111-71-61(52(105)42(95)26(10-81)116-71)127-67-37(77-22(6)90)48(101)56(28(12-83)119-67)122-64-34(74-19(3)87)45(98)40(93)24(8-79)114-64/h17,24-72,79-85,92-109H,8-16H2,1-7H3,(H,73,86)(H,74,87)(H,75,88)(H,76,89)(H,77,90)(H,78,91)/t17-,24+,25+,26+,27+,28+,29+,30+,31+,32+,33-,34+,35+,36+,37+,38-,39+,40-,41-,42+,43+,44+,45+,46+,47+,48+,49+,50+,51+,52-,53-,54-,55-,56+,57+,58+,59+,60-,61-,62-,63+,64-,65-,66-,67-,68-,69+,70-,71-,72+/m0/s1. The number of ether oxygens (including phenoxy) is 19. The van der Waals surface area contributed by atoms with Gasteiger partial charge in [-0.05, 0) is 6.92 Å². The van der Waals surface area contributed by atoms with Crippen LogP contribution in [0.4, 0.5) is 0 Å². The maximum atomic E-state index is 13.3. The van der Waals surface area contributed by atoms with Gasteiger partial charge >= 0.3 is 0 Å². The Balaban J connectivity index is 0.993. The molecule has 10 rings (SSSR count). The first kappa shape index (κ1) is 105. The molecule has 0 bridgehead atoms. The van der Waals surface area contributed by atoms with Crippen LogP contribution in [0.5, 0.6) is 0 Å². The molecule has 0 aliphatic carbocycles. The molecule has 0 unspecified atom stereocenters. The number of carbonyl (C=O) groups is 6. The average Bonchev–Trinajstić information content (AvgIpc) is 0.764. The Labute approximate surface area is 726 Å². The normalized spacial score (nSPS) is 47.8. The van der Waals surface area contributed by atoms with Gasteiger partial charge in [0.25, 0.3) is 0 Å². The van der Waals surface area contributed by atoms with E-state index in [2.05, 4.69) is 31.9 Å². The van der Waals surface area contributed by atoms with Crippen molar-refractivity contribution in [2.24, 2.45) is 0 Å². The van der Waals surface area contributed by atoms with Crippen LogP contribution in [-0.4, -0.2) is 529 Å². The molecule has 10 saturated heterocycles. The van der Waals surface area contributed by atoms with Crippen LogP contribution in [0.2, 0.25) is 0 Å². The Bertz CT molecular complexity index is 3550. The van der Waals surface area contributed by atoms with Gasteiger partial charge in [0, 0.05) is 41.5 Å². The predicted molar refractivity (Wildman–Crippen MR) is 398 cm³/mol. The van der Waals surface area contributed by atoms with Crippen molar-refractivity contribution < 1.29 is 246 Å². The van der Waals surface area contributed by atoms with Crippen molar-refractivity contribution in [3.8, 4) is 0 Å². The highest BCUT2D eigenvalue weighted by Gasteiger charge is 2.62. The summed E-state index contributed by atoms with van der Waals surface area (Å²) >= 11 is 0. The van der Waals surface area contributed by atoms with Crippen LogP contribution in [0, 0.1) is 0 Å². The maximum Gasteiger partial charge on any atom is 0.217 e. The second-order valence-electron chi connectivity index (χ2n) is 32.5. The van der Waals surface area contributed by atoms with Crippen molar-refractivity contribution in [2.75, 3.05) is 59.5 Å². The number of carbonyl (C=O) groups excluding carboxylic acids is 6. The highest BCUT2D eigenvalue weighted by atomic mass is 16.8. The van der Waals surface area contributed by atoms with E-state index in [4.69, 9.17) is 90.0 Å². The SMILES string of the molecule is CC(=O)N[C@@H]1[C@H](O[C@@H]2[C@@H](O[C@@H]3[C@H](O)[C@H](O[C@H]4[C@H](O)[C@@H](NC(C)=O)[C@H](O[C@H]5[C@H](O)[C@H](NC(C)=O)[C@H](O)O[C@@H]5CO[C@@H]5O[C@@H](C)[C@@H](O)[C@@H](O)[C@@H]5O)O[C@@H]4CO)O[C@H](CO[C@H]4O[C@H](CO)[C@@H](O)[C@H](O)[C@@H]4O[C@@H]4O[C@H](CO)[C@@H](O[C@@H]5O[C@H](CO)[C@H](O)[C@H](O)[C@H]5NC(C)=O)[C@H](O)[C@H]4NC(C)=O)[C@H]3O)O[C@H](CO)[C@@H](O)[C@@H]2O)O[C@H](CO)[C@@H](O[C@@H]2O[C@H](CO)[C@H](O)[C@H](O)[C@H]2NC(C)=O)[C@@H]1O. The number of hydrogen-bond donors (Lipinski definition) is 31. The quantitative estimate of drug-likeness (QED) is 0.0290. The molecule has 56 nitrogen and oxygen atoms in total. The molecular formula is C72H120N6O50. The van der Waals surface area contributed by atoms with E-state index in [0.29, 0.717) is 0 Å². The van der Waals surface area contributed by atoms with Crippen LogP contribution in [-0.2, 0) is 119 Å². The van der Waals surface area contributed by atoms with Crippen LogP contribution >= 0.6 is 0 Å². The molecule has 0 aromatic heterocycles. The van der Waals surface area contributed by atoms with E-state index in [1.54, 1.807) is 0 Å². The number of aliphatic hydroxyl groups is 25. The molecule has 10 aliphatic rings. The molecule has 56 heteroatoms. The molecule has 0 saturated carbocycles. The molecule has 6 amide bonds. The molecule has 0 spiro atoms. The minimum absolute atomic E-state index is 0.812. The monoisotopic (exact) mass is 1870 g/mol. The number of rotatable bonds is 33. The van der Waals surface area contributed by atoms with Crippen molar-refractivity contribution in [3.63, 3.8) is 0 Å². The lowest BCUT2D eigenvalue weighted by Crippen LogP contribution is -2.71. The van der Waals surface area contributed by atoms with Gasteiger partial charge in [0.2, 0.25) is 35.4 Å². The summed E-state index contributed by atoms with van der Waals surface area (Å²) in [6.07, 6.45) is -90.9. The average molecular weight is 1870 g/mol. The smallest absolute Gasteiger partial charge is 0.217 e. The number of amides is 6. The fraction of sp³-hybridized carbons (Fsp3) is 0.917. The third-order valence-corrected chi connectivity index (χ3v) is 23.2. The molecule has 10 aliphatic heterocycles. The van der Waals surface area contributed by atoms with E-state index in [-0.39, 0.29) is 0 Å². The number of hydrogen-bond acceptors (Lipinski definition) is 50.